The molecule has 0 unspecified atom stereocenters. The van der Waals surface area contributed by atoms with Gasteiger partial charge >= 0.3 is 4.87 Å². The van der Waals surface area contributed by atoms with Crippen molar-refractivity contribution in [2.45, 2.75) is 32.9 Å². The second kappa shape index (κ2) is 7.08. The van der Waals surface area contributed by atoms with Crippen LogP contribution >= 0.6 is 11.3 Å². The smallest absolute Gasteiger partial charge is 0.310 e. The molecule has 28 heavy (non-hydrogen) atoms. The van der Waals surface area contributed by atoms with Crippen molar-refractivity contribution in [3.8, 4) is 5.06 Å². The van der Waals surface area contributed by atoms with Gasteiger partial charge in [-0.15, -0.1) is 0 Å². The van der Waals surface area contributed by atoms with Crippen molar-refractivity contribution < 1.29 is 5.11 Å². The summed E-state index contributed by atoms with van der Waals surface area (Å²) >= 11 is 0.589. The number of aryl methyl sites for hydroxylation is 2. The first-order valence-electron chi connectivity index (χ1n) is 8.90. The maximum Gasteiger partial charge on any atom is 0.310 e. The average molecular weight is 397 g/mol. The van der Waals surface area contributed by atoms with Crippen LogP contribution in [-0.2, 0) is 6.54 Å². The Labute approximate surface area is 164 Å². The summed E-state index contributed by atoms with van der Waals surface area (Å²) in [6, 6.07) is 7.32. The number of aromatic hydroxyl groups is 1. The zero-order chi connectivity index (χ0) is 19.8. The highest BCUT2D eigenvalue weighted by molar-refractivity contribution is 7.11. The fraction of sp³-hybridized carbons (Fsp3) is 0.263. The number of aromatic nitrogens is 3. The molecule has 0 radical (unpaired) electrons. The molecule has 0 saturated heterocycles. The van der Waals surface area contributed by atoms with Gasteiger partial charge < -0.3 is 10.4 Å². The normalized spacial score (nSPS) is 16.1. The highest BCUT2D eigenvalue weighted by Gasteiger charge is 2.27. The van der Waals surface area contributed by atoms with E-state index >= 15 is 0 Å². The minimum Gasteiger partial charge on any atom is -0.499 e. The molecule has 1 aliphatic heterocycles. The van der Waals surface area contributed by atoms with Gasteiger partial charge in [-0.25, -0.2) is 0 Å². The largest absolute Gasteiger partial charge is 0.499 e. The van der Waals surface area contributed by atoms with Gasteiger partial charge in [0.15, 0.2) is 5.06 Å². The van der Waals surface area contributed by atoms with Gasteiger partial charge in [-0.05, 0) is 37.3 Å². The number of anilines is 1. The summed E-state index contributed by atoms with van der Waals surface area (Å²) in [5.74, 6) is 0. The SMILES string of the molecule is CCn1cc([C@@H]2CC(c3c(O)sc(=O)[nH]c3=O)=Nc3ccccc3N2)c(C)n1. The van der Waals surface area contributed by atoms with Crippen LogP contribution in [0.3, 0.4) is 0 Å². The Morgan fingerprint density at radius 3 is 2.82 bits per heavy atom. The molecule has 1 aromatic carbocycles. The van der Waals surface area contributed by atoms with Gasteiger partial charge in [0.1, 0.15) is 5.56 Å². The van der Waals surface area contributed by atoms with Crippen LogP contribution in [0.5, 0.6) is 5.06 Å². The van der Waals surface area contributed by atoms with Gasteiger partial charge in [0.25, 0.3) is 5.56 Å². The lowest BCUT2D eigenvalue weighted by molar-refractivity contribution is 0.487. The second-order valence-corrected chi connectivity index (χ2v) is 7.49. The zero-order valence-corrected chi connectivity index (χ0v) is 16.2. The summed E-state index contributed by atoms with van der Waals surface area (Å²) < 4.78 is 1.86. The third kappa shape index (κ3) is 3.24. The zero-order valence-electron chi connectivity index (χ0n) is 15.4. The number of rotatable bonds is 3. The van der Waals surface area contributed by atoms with Gasteiger partial charge in [0.2, 0.25) is 0 Å². The van der Waals surface area contributed by atoms with Gasteiger partial charge in [-0.1, -0.05) is 12.1 Å². The van der Waals surface area contributed by atoms with E-state index in [4.69, 9.17) is 0 Å². The van der Waals surface area contributed by atoms with Gasteiger partial charge in [0, 0.05) is 24.7 Å². The van der Waals surface area contributed by atoms with Crippen LogP contribution in [0.25, 0.3) is 0 Å². The minimum atomic E-state index is -0.640. The summed E-state index contributed by atoms with van der Waals surface area (Å²) in [5, 5.41) is 18.0. The molecule has 0 bridgehead atoms. The third-order valence-corrected chi connectivity index (χ3v) is 5.39. The number of nitrogens with one attached hydrogen (secondary N) is 2. The molecule has 0 aliphatic carbocycles. The molecule has 3 heterocycles. The quantitative estimate of drug-likeness (QED) is 0.629. The summed E-state index contributed by atoms with van der Waals surface area (Å²) in [5.41, 5.74) is 3.18. The Kier molecular flexibility index (Phi) is 4.60. The molecule has 0 saturated carbocycles. The lowest BCUT2D eigenvalue weighted by atomic mass is 9.99. The van der Waals surface area contributed by atoms with Crippen LogP contribution in [-0.4, -0.2) is 25.6 Å². The topological polar surface area (TPSA) is 112 Å². The number of para-hydroxylation sites is 2. The van der Waals surface area contributed by atoms with E-state index in [1.165, 1.54) is 0 Å². The van der Waals surface area contributed by atoms with Crippen molar-refractivity contribution in [2.24, 2.45) is 4.99 Å². The highest BCUT2D eigenvalue weighted by atomic mass is 32.1. The van der Waals surface area contributed by atoms with Crippen LogP contribution in [0.15, 0.2) is 45.0 Å². The highest BCUT2D eigenvalue weighted by Crippen LogP contribution is 2.36. The molecular formula is C19H19N5O3S. The number of nitrogens with zero attached hydrogens (tertiary/aromatic N) is 3. The molecule has 144 valence electrons. The summed E-state index contributed by atoms with van der Waals surface area (Å²) in [4.78, 5) is 30.2. The molecule has 4 rings (SSSR count). The van der Waals surface area contributed by atoms with Crippen molar-refractivity contribution in [1.29, 1.82) is 0 Å². The molecule has 9 heteroatoms. The monoisotopic (exact) mass is 397 g/mol. The predicted molar refractivity (Wildman–Crippen MR) is 109 cm³/mol. The Morgan fingerprint density at radius 2 is 2.11 bits per heavy atom. The number of aliphatic imine (C=N–C) groups is 1. The van der Waals surface area contributed by atoms with Crippen molar-refractivity contribution in [1.82, 2.24) is 14.8 Å². The van der Waals surface area contributed by atoms with Crippen LogP contribution in [0.4, 0.5) is 11.4 Å². The second-order valence-electron chi connectivity index (χ2n) is 6.53. The number of aromatic amines is 1. The average Bonchev–Trinajstić information content (AvgIpc) is 2.91. The molecule has 8 nitrogen and oxygen atoms in total. The van der Waals surface area contributed by atoms with E-state index < -0.39 is 10.4 Å². The van der Waals surface area contributed by atoms with E-state index in [0.29, 0.717) is 29.2 Å². The van der Waals surface area contributed by atoms with E-state index in [1.54, 1.807) is 0 Å². The van der Waals surface area contributed by atoms with Gasteiger partial charge in [-0.3, -0.25) is 24.2 Å². The van der Waals surface area contributed by atoms with Crippen molar-refractivity contribution in [3.05, 3.63) is 67.3 Å². The summed E-state index contributed by atoms with van der Waals surface area (Å²) in [6.45, 7) is 4.70. The van der Waals surface area contributed by atoms with E-state index in [2.05, 4.69) is 20.4 Å². The Balaban J connectivity index is 1.89. The van der Waals surface area contributed by atoms with Crippen molar-refractivity contribution in [3.63, 3.8) is 0 Å². The molecule has 3 aromatic rings. The van der Waals surface area contributed by atoms with Crippen LogP contribution in [0.2, 0.25) is 0 Å². The van der Waals surface area contributed by atoms with E-state index in [9.17, 15) is 14.7 Å². The standard InChI is InChI=1S/C19H19N5O3S/c1-3-24-9-11(10(2)23-24)14-8-15(16-17(25)22-19(27)28-18(16)26)21-13-7-5-4-6-12(13)20-14/h4-7,9,14,20,26H,3,8H2,1-2H3,(H,22,25,27)/t14-/m0/s1. The fourth-order valence-electron chi connectivity index (χ4n) is 3.37. The Hall–Kier alpha value is -3.20. The number of hydrogen-bond donors (Lipinski definition) is 3. The summed E-state index contributed by atoms with van der Waals surface area (Å²) in [7, 11) is 0. The molecule has 2 aromatic heterocycles. The molecule has 1 aliphatic rings. The number of H-pyrrole nitrogens is 1. The molecule has 1 atom stereocenters. The summed E-state index contributed by atoms with van der Waals surface area (Å²) in [6.07, 6.45) is 2.33. The lowest BCUT2D eigenvalue weighted by Gasteiger charge is -2.18. The molecule has 0 spiro atoms. The lowest BCUT2D eigenvalue weighted by Crippen LogP contribution is -2.25. The van der Waals surface area contributed by atoms with Crippen molar-refractivity contribution >= 4 is 28.4 Å². The first kappa shape index (κ1) is 18.2. The molecule has 0 amide bonds. The van der Waals surface area contributed by atoms with E-state index in [-0.39, 0.29) is 16.7 Å². The third-order valence-electron chi connectivity index (χ3n) is 4.70. The molecule has 0 fully saturated rings. The van der Waals surface area contributed by atoms with Crippen LogP contribution < -0.4 is 15.7 Å². The van der Waals surface area contributed by atoms with Crippen LogP contribution in [0, 0.1) is 6.92 Å². The number of fused-ring (bicyclic) bond motifs is 1. The first-order chi connectivity index (χ1) is 13.5. The maximum absolute atomic E-state index is 12.4. The van der Waals surface area contributed by atoms with Crippen LogP contribution in [0.1, 0.15) is 36.2 Å². The maximum atomic E-state index is 12.4. The van der Waals surface area contributed by atoms with E-state index in [0.717, 1.165) is 23.5 Å². The fourth-order valence-corrected chi connectivity index (χ4v) is 4.00. The number of benzene rings is 1. The predicted octanol–water partition coefficient (Wildman–Crippen LogP) is 2.70. The van der Waals surface area contributed by atoms with Gasteiger partial charge in [-0.2, -0.15) is 5.10 Å². The number of hydrogen-bond acceptors (Lipinski definition) is 7. The minimum absolute atomic E-state index is 0.0358. The van der Waals surface area contributed by atoms with E-state index in [1.807, 2.05) is 49.0 Å². The Morgan fingerprint density at radius 1 is 1.32 bits per heavy atom. The Bertz CT molecular complexity index is 1190. The molecular weight excluding hydrogens is 378 g/mol. The first-order valence-corrected chi connectivity index (χ1v) is 9.71. The van der Waals surface area contributed by atoms with Gasteiger partial charge in [0.05, 0.1) is 28.8 Å². The van der Waals surface area contributed by atoms with Crippen molar-refractivity contribution in [2.75, 3.05) is 5.32 Å². The molecule has 3 N–H and O–H groups in total.